The molecule has 4 nitrogen and oxygen atoms in total. The van der Waals surface area contributed by atoms with Crippen LogP contribution in [-0.2, 0) is 6.54 Å². The average Bonchev–Trinajstić information content (AvgIpc) is 2.41. The number of amidine groups is 1. The Morgan fingerprint density at radius 1 is 1.44 bits per heavy atom. The van der Waals surface area contributed by atoms with Crippen LogP contribution in [0.25, 0.3) is 0 Å². The van der Waals surface area contributed by atoms with E-state index in [4.69, 9.17) is 10.9 Å². The van der Waals surface area contributed by atoms with E-state index in [1.807, 2.05) is 18.2 Å². The smallest absolute Gasteiger partial charge is 0.170 e. The van der Waals surface area contributed by atoms with Gasteiger partial charge >= 0.3 is 0 Å². The number of oxime groups is 1. The Hall–Kier alpha value is -1.55. The van der Waals surface area contributed by atoms with Crippen LogP contribution in [0.3, 0.4) is 0 Å². The van der Waals surface area contributed by atoms with Crippen molar-refractivity contribution in [3.8, 4) is 0 Å². The Morgan fingerprint density at radius 2 is 2.17 bits per heavy atom. The van der Waals surface area contributed by atoms with Crippen molar-refractivity contribution in [1.29, 1.82) is 0 Å². The van der Waals surface area contributed by atoms with Crippen molar-refractivity contribution >= 4 is 5.84 Å². The van der Waals surface area contributed by atoms with Gasteiger partial charge in [0.2, 0.25) is 0 Å². The lowest BCUT2D eigenvalue weighted by atomic mass is 9.98. The summed E-state index contributed by atoms with van der Waals surface area (Å²) >= 11 is 0. The SMILES string of the molecule is CC1CCN(Cc2cccc(/C(N)=N/O)c2)CC1. The second kappa shape index (κ2) is 5.87. The standard InChI is InChI=1S/C14H21N3O/c1-11-5-7-17(8-6-11)10-12-3-2-4-13(9-12)14(15)16-18/h2-4,9,11,18H,5-8,10H2,1H3,(H2,15,16). The molecule has 1 heterocycles. The van der Waals surface area contributed by atoms with Gasteiger partial charge in [0.25, 0.3) is 0 Å². The van der Waals surface area contributed by atoms with Gasteiger partial charge in [-0.1, -0.05) is 30.3 Å². The summed E-state index contributed by atoms with van der Waals surface area (Å²) in [6, 6.07) is 7.89. The Morgan fingerprint density at radius 3 is 2.83 bits per heavy atom. The van der Waals surface area contributed by atoms with E-state index >= 15 is 0 Å². The molecule has 98 valence electrons. The molecule has 1 saturated heterocycles. The van der Waals surface area contributed by atoms with Crippen molar-refractivity contribution in [3.05, 3.63) is 35.4 Å². The van der Waals surface area contributed by atoms with Gasteiger partial charge in [-0.05, 0) is 43.5 Å². The molecule has 18 heavy (non-hydrogen) atoms. The van der Waals surface area contributed by atoms with E-state index in [9.17, 15) is 0 Å². The lowest BCUT2D eigenvalue weighted by Gasteiger charge is -2.30. The van der Waals surface area contributed by atoms with Gasteiger partial charge in [0.05, 0.1) is 0 Å². The van der Waals surface area contributed by atoms with Crippen LogP contribution in [-0.4, -0.2) is 29.0 Å². The van der Waals surface area contributed by atoms with Gasteiger partial charge in [-0.2, -0.15) is 0 Å². The summed E-state index contributed by atoms with van der Waals surface area (Å²) in [6.45, 7) is 5.58. The molecule has 1 aromatic rings. The van der Waals surface area contributed by atoms with E-state index in [1.54, 1.807) is 0 Å². The number of likely N-dealkylation sites (tertiary alicyclic amines) is 1. The van der Waals surface area contributed by atoms with Crippen molar-refractivity contribution in [3.63, 3.8) is 0 Å². The molecule has 0 spiro atoms. The van der Waals surface area contributed by atoms with Gasteiger partial charge in [0.1, 0.15) is 0 Å². The Bertz CT molecular complexity index is 423. The zero-order valence-corrected chi connectivity index (χ0v) is 10.8. The van der Waals surface area contributed by atoms with E-state index in [-0.39, 0.29) is 5.84 Å². The van der Waals surface area contributed by atoms with Crippen LogP contribution >= 0.6 is 0 Å². The normalized spacial score (nSPS) is 19.1. The molecule has 2 rings (SSSR count). The lowest BCUT2D eigenvalue weighted by molar-refractivity contribution is 0.185. The summed E-state index contributed by atoms with van der Waals surface area (Å²) < 4.78 is 0. The summed E-state index contributed by atoms with van der Waals surface area (Å²) in [4.78, 5) is 2.46. The van der Waals surface area contributed by atoms with Gasteiger partial charge < -0.3 is 10.9 Å². The van der Waals surface area contributed by atoms with Crippen molar-refractivity contribution in [2.75, 3.05) is 13.1 Å². The molecule has 3 N–H and O–H groups in total. The van der Waals surface area contributed by atoms with Gasteiger partial charge in [0, 0.05) is 12.1 Å². The number of hydrogen-bond donors (Lipinski definition) is 2. The minimum Gasteiger partial charge on any atom is -0.409 e. The molecule has 4 heteroatoms. The number of hydrogen-bond acceptors (Lipinski definition) is 3. The molecule has 0 aliphatic carbocycles. The highest BCUT2D eigenvalue weighted by molar-refractivity contribution is 5.97. The van der Waals surface area contributed by atoms with Crippen LogP contribution in [0.4, 0.5) is 0 Å². The zero-order chi connectivity index (χ0) is 13.0. The summed E-state index contributed by atoms with van der Waals surface area (Å²) in [5.41, 5.74) is 7.60. The third-order valence-electron chi connectivity index (χ3n) is 3.61. The quantitative estimate of drug-likeness (QED) is 0.372. The van der Waals surface area contributed by atoms with Crippen molar-refractivity contribution < 1.29 is 5.21 Å². The van der Waals surface area contributed by atoms with Gasteiger partial charge in [-0.15, -0.1) is 0 Å². The maximum Gasteiger partial charge on any atom is 0.170 e. The summed E-state index contributed by atoms with van der Waals surface area (Å²) in [5.74, 6) is 1.02. The zero-order valence-electron chi connectivity index (χ0n) is 10.8. The van der Waals surface area contributed by atoms with E-state index in [2.05, 4.69) is 23.0 Å². The maximum atomic E-state index is 8.68. The first kappa shape index (κ1) is 12.9. The molecule has 0 bridgehead atoms. The fraction of sp³-hybridized carbons (Fsp3) is 0.500. The molecule has 0 amide bonds. The highest BCUT2D eigenvalue weighted by atomic mass is 16.4. The first-order valence-electron chi connectivity index (χ1n) is 6.48. The van der Waals surface area contributed by atoms with E-state index in [1.165, 1.54) is 18.4 Å². The molecular weight excluding hydrogens is 226 g/mol. The highest BCUT2D eigenvalue weighted by Crippen LogP contribution is 2.18. The molecular formula is C14H21N3O. The number of nitrogens with zero attached hydrogens (tertiary/aromatic N) is 2. The third kappa shape index (κ3) is 3.23. The Balaban J connectivity index is 2.01. The highest BCUT2D eigenvalue weighted by Gasteiger charge is 2.15. The van der Waals surface area contributed by atoms with Crippen LogP contribution in [0.5, 0.6) is 0 Å². The van der Waals surface area contributed by atoms with Crippen molar-refractivity contribution in [1.82, 2.24) is 4.90 Å². The molecule has 0 atom stereocenters. The summed E-state index contributed by atoms with van der Waals surface area (Å²) in [5, 5.41) is 11.7. The molecule has 0 unspecified atom stereocenters. The average molecular weight is 247 g/mol. The molecule has 1 aliphatic heterocycles. The molecule has 0 radical (unpaired) electrons. The van der Waals surface area contributed by atoms with Crippen LogP contribution < -0.4 is 5.73 Å². The van der Waals surface area contributed by atoms with E-state index in [0.717, 1.165) is 31.1 Å². The fourth-order valence-electron chi connectivity index (χ4n) is 2.37. The van der Waals surface area contributed by atoms with Crippen LogP contribution in [0.2, 0.25) is 0 Å². The predicted molar refractivity (Wildman–Crippen MR) is 72.6 cm³/mol. The predicted octanol–water partition coefficient (Wildman–Crippen LogP) is 2.01. The second-order valence-electron chi connectivity index (χ2n) is 5.14. The summed E-state index contributed by atoms with van der Waals surface area (Å²) in [7, 11) is 0. The minimum atomic E-state index is 0.170. The minimum absolute atomic E-state index is 0.170. The first-order valence-corrected chi connectivity index (χ1v) is 6.48. The van der Waals surface area contributed by atoms with Gasteiger partial charge in [-0.3, -0.25) is 4.90 Å². The van der Waals surface area contributed by atoms with Crippen molar-refractivity contribution in [2.45, 2.75) is 26.3 Å². The van der Waals surface area contributed by atoms with Crippen LogP contribution in [0.15, 0.2) is 29.4 Å². The second-order valence-corrected chi connectivity index (χ2v) is 5.14. The van der Waals surface area contributed by atoms with Crippen molar-refractivity contribution in [2.24, 2.45) is 16.8 Å². The third-order valence-corrected chi connectivity index (χ3v) is 3.61. The van der Waals surface area contributed by atoms with Crippen LogP contribution in [0, 0.1) is 5.92 Å². The lowest BCUT2D eigenvalue weighted by Crippen LogP contribution is -2.32. The molecule has 1 aliphatic rings. The first-order chi connectivity index (χ1) is 8.69. The topological polar surface area (TPSA) is 61.8 Å². The largest absolute Gasteiger partial charge is 0.409 e. The Kier molecular flexibility index (Phi) is 4.20. The van der Waals surface area contributed by atoms with E-state index < -0.39 is 0 Å². The molecule has 1 fully saturated rings. The number of piperidine rings is 1. The van der Waals surface area contributed by atoms with Gasteiger partial charge in [-0.25, -0.2) is 0 Å². The summed E-state index contributed by atoms with van der Waals surface area (Å²) in [6.07, 6.45) is 2.56. The molecule has 1 aromatic carbocycles. The fourth-order valence-corrected chi connectivity index (χ4v) is 2.37. The molecule has 0 aromatic heterocycles. The van der Waals surface area contributed by atoms with E-state index in [0.29, 0.717) is 0 Å². The number of rotatable bonds is 3. The van der Waals surface area contributed by atoms with Crippen LogP contribution in [0.1, 0.15) is 30.9 Å². The number of nitrogens with two attached hydrogens (primary N) is 1. The number of benzene rings is 1. The van der Waals surface area contributed by atoms with Gasteiger partial charge in [0.15, 0.2) is 5.84 Å². The maximum absolute atomic E-state index is 8.68. The monoisotopic (exact) mass is 247 g/mol. The molecule has 0 saturated carbocycles. The Labute approximate surface area is 108 Å².